The van der Waals surface area contributed by atoms with Gasteiger partial charge in [0.2, 0.25) is 0 Å². The van der Waals surface area contributed by atoms with Crippen LogP contribution in [0.5, 0.6) is 0 Å². The molecule has 0 radical (unpaired) electrons. The van der Waals surface area contributed by atoms with Crippen LogP contribution in [0.3, 0.4) is 0 Å². The standard InChI is InChI=1S/C12H19ClN4.HI/c1-10(13)8-15-12(14-2)17(4)9-11-6-5-7-16(11)3;/h5-7H,1,8-9H2,2-4H3,(H,14,15);1H. The number of nitrogens with one attached hydrogen (secondary N) is 1. The van der Waals surface area contributed by atoms with Crippen molar-refractivity contribution in [1.82, 2.24) is 14.8 Å². The highest BCUT2D eigenvalue weighted by atomic mass is 127. The molecule has 0 spiro atoms. The van der Waals surface area contributed by atoms with E-state index in [1.165, 1.54) is 5.69 Å². The Bertz CT molecular complexity index is 414. The third-order valence-electron chi connectivity index (χ3n) is 2.46. The van der Waals surface area contributed by atoms with E-state index in [0.717, 1.165) is 12.5 Å². The van der Waals surface area contributed by atoms with Crippen LogP contribution in [0.1, 0.15) is 5.69 Å². The van der Waals surface area contributed by atoms with Gasteiger partial charge in [-0.15, -0.1) is 24.0 Å². The molecule has 1 rings (SSSR count). The predicted octanol–water partition coefficient (Wildman–Crippen LogP) is 2.40. The van der Waals surface area contributed by atoms with E-state index >= 15 is 0 Å². The number of rotatable bonds is 4. The first kappa shape index (κ1) is 17.3. The summed E-state index contributed by atoms with van der Waals surface area (Å²) < 4.78 is 2.09. The quantitative estimate of drug-likeness (QED) is 0.493. The van der Waals surface area contributed by atoms with Crippen LogP contribution in [-0.2, 0) is 13.6 Å². The Morgan fingerprint density at radius 1 is 1.61 bits per heavy atom. The number of halogens is 2. The van der Waals surface area contributed by atoms with Crippen LogP contribution >= 0.6 is 35.6 Å². The number of aromatic nitrogens is 1. The fourth-order valence-electron chi connectivity index (χ4n) is 1.54. The topological polar surface area (TPSA) is 32.6 Å². The summed E-state index contributed by atoms with van der Waals surface area (Å²) in [6.07, 6.45) is 2.03. The molecule has 0 aliphatic carbocycles. The number of nitrogens with zero attached hydrogens (tertiary/aromatic N) is 3. The lowest BCUT2D eigenvalue weighted by Crippen LogP contribution is -2.39. The SMILES string of the molecule is C=C(Cl)CNC(=NC)N(C)Cc1cccn1C.I. The Labute approximate surface area is 131 Å². The van der Waals surface area contributed by atoms with Crippen LogP contribution in [0.2, 0.25) is 0 Å². The Kier molecular flexibility index (Phi) is 8.10. The van der Waals surface area contributed by atoms with Crippen LogP contribution in [0.15, 0.2) is 34.9 Å². The summed E-state index contributed by atoms with van der Waals surface area (Å²) in [4.78, 5) is 6.23. The zero-order valence-electron chi connectivity index (χ0n) is 11.0. The summed E-state index contributed by atoms with van der Waals surface area (Å²) in [6, 6.07) is 4.12. The molecular formula is C12H20ClIN4. The van der Waals surface area contributed by atoms with Gasteiger partial charge in [-0.3, -0.25) is 4.99 Å². The van der Waals surface area contributed by atoms with E-state index in [1.807, 2.05) is 31.3 Å². The van der Waals surface area contributed by atoms with Gasteiger partial charge in [0, 0.05) is 38.1 Å². The molecule has 0 aliphatic rings. The lowest BCUT2D eigenvalue weighted by molar-refractivity contribution is 0.465. The molecule has 0 unspecified atom stereocenters. The van der Waals surface area contributed by atoms with Gasteiger partial charge in [0.05, 0.1) is 13.1 Å². The van der Waals surface area contributed by atoms with Crippen LogP contribution < -0.4 is 5.32 Å². The van der Waals surface area contributed by atoms with E-state index in [9.17, 15) is 0 Å². The normalized spacial score (nSPS) is 10.8. The van der Waals surface area contributed by atoms with Gasteiger partial charge in [0.15, 0.2) is 5.96 Å². The van der Waals surface area contributed by atoms with Gasteiger partial charge in [-0.05, 0) is 12.1 Å². The van der Waals surface area contributed by atoms with Gasteiger partial charge >= 0.3 is 0 Å². The van der Waals surface area contributed by atoms with Crippen molar-refractivity contribution in [2.24, 2.45) is 12.0 Å². The summed E-state index contributed by atoms with van der Waals surface area (Å²) in [5.41, 5.74) is 1.22. The molecule has 0 saturated heterocycles. The van der Waals surface area contributed by atoms with Crippen molar-refractivity contribution in [2.75, 3.05) is 20.6 Å². The highest BCUT2D eigenvalue weighted by Crippen LogP contribution is 2.04. The molecule has 6 heteroatoms. The maximum atomic E-state index is 5.72. The van der Waals surface area contributed by atoms with E-state index in [1.54, 1.807) is 7.05 Å². The molecule has 4 nitrogen and oxygen atoms in total. The number of aryl methyl sites for hydroxylation is 1. The van der Waals surface area contributed by atoms with Gasteiger partial charge in [-0.2, -0.15) is 0 Å². The largest absolute Gasteiger partial charge is 0.353 e. The van der Waals surface area contributed by atoms with Gasteiger partial charge in [-0.1, -0.05) is 18.2 Å². The Morgan fingerprint density at radius 2 is 2.28 bits per heavy atom. The second-order valence-electron chi connectivity index (χ2n) is 3.88. The van der Waals surface area contributed by atoms with Crippen LogP contribution in [0.25, 0.3) is 0 Å². The molecule has 0 aromatic carbocycles. The Hall–Kier alpha value is -0.690. The number of guanidine groups is 1. The summed E-state index contributed by atoms with van der Waals surface area (Å²) >= 11 is 5.72. The van der Waals surface area contributed by atoms with Crippen molar-refractivity contribution in [3.63, 3.8) is 0 Å². The van der Waals surface area contributed by atoms with Crippen molar-refractivity contribution in [2.45, 2.75) is 6.54 Å². The van der Waals surface area contributed by atoms with Crippen molar-refractivity contribution in [3.05, 3.63) is 35.6 Å². The number of hydrogen-bond donors (Lipinski definition) is 1. The van der Waals surface area contributed by atoms with E-state index in [-0.39, 0.29) is 24.0 Å². The second kappa shape index (κ2) is 8.42. The minimum Gasteiger partial charge on any atom is -0.353 e. The van der Waals surface area contributed by atoms with Gasteiger partial charge in [0.1, 0.15) is 0 Å². The lowest BCUT2D eigenvalue weighted by Gasteiger charge is -2.22. The van der Waals surface area contributed by atoms with E-state index in [4.69, 9.17) is 11.6 Å². The molecule has 0 aliphatic heterocycles. The first-order chi connectivity index (χ1) is 8.04. The summed E-state index contributed by atoms with van der Waals surface area (Å²) in [7, 11) is 5.76. The van der Waals surface area contributed by atoms with Gasteiger partial charge in [0.25, 0.3) is 0 Å². The number of hydrogen-bond acceptors (Lipinski definition) is 1. The average Bonchev–Trinajstić information content (AvgIpc) is 2.65. The molecule has 18 heavy (non-hydrogen) atoms. The van der Waals surface area contributed by atoms with Crippen molar-refractivity contribution < 1.29 is 0 Å². The fourth-order valence-corrected chi connectivity index (χ4v) is 1.61. The highest BCUT2D eigenvalue weighted by molar-refractivity contribution is 14.0. The summed E-state index contributed by atoms with van der Waals surface area (Å²) in [5.74, 6) is 0.799. The second-order valence-corrected chi connectivity index (χ2v) is 4.42. The number of aliphatic imine (C=N–C) groups is 1. The summed E-state index contributed by atoms with van der Waals surface area (Å²) in [5, 5.41) is 3.70. The minimum atomic E-state index is 0. The first-order valence-electron chi connectivity index (χ1n) is 5.40. The zero-order chi connectivity index (χ0) is 12.8. The van der Waals surface area contributed by atoms with Crippen LogP contribution in [-0.4, -0.2) is 36.1 Å². The zero-order valence-corrected chi connectivity index (χ0v) is 14.1. The Morgan fingerprint density at radius 3 is 2.72 bits per heavy atom. The maximum Gasteiger partial charge on any atom is 0.194 e. The molecule has 0 atom stereocenters. The first-order valence-corrected chi connectivity index (χ1v) is 5.77. The van der Waals surface area contributed by atoms with E-state index in [2.05, 4.69) is 27.5 Å². The molecule has 0 fully saturated rings. The molecule has 102 valence electrons. The molecule has 1 aromatic heterocycles. The molecular weight excluding hydrogens is 363 g/mol. The fraction of sp³-hybridized carbons (Fsp3) is 0.417. The molecule has 1 heterocycles. The molecule has 0 bridgehead atoms. The average molecular weight is 383 g/mol. The van der Waals surface area contributed by atoms with Crippen LogP contribution in [0.4, 0.5) is 0 Å². The highest BCUT2D eigenvalue weighted by Gasteiger charge is 2.07. The van der Waals surface area contributed by atoms with Gasteiger partial charge < -0.3 is 14.8 Å². The monoisotopic (exact) mass is 382 g/mol. The summed E-state index contributed by atoms with van der Waals surface area (Å²) in [6.45, 7) is 4.95. The minimum absolute atomic E-state index is 0. The van der Waals surface area contributed by atoms with Crippen LogP contribution in [0, 0.1) is 0 Å². The lowest BCUT2D eigenvalue weighted by atomic mass is 10.4. The maximum absolute atomic E-state index is 5.72. The third kappa shape index (κ3) is 5.30. The van der Waals surface area contributed by atoms with E-state index in [0.29, 0.717) is 11.6 Å². The van der Waals surface area contributed by atoms with E-state index < -0.39 is 0 Å². The van der Waals surface area contributed by atoms with Crippen molar-refractivity contribution in [1.29, 1.82) is 0 Å². The van der Waals surface area contributed by atoms with Crippen molar-refractivity contribution >= 4 is 41.5 Å². The third-order valence-corrected chi connectivity index (χ3v) is 2.60. The van der Waals surface area contributed by atoms with Gasteiger partial charge in [-0.25, -0.2) is 0 Å². The molecule has 1 aromatic rings. The Balaban J connectivity index is 0.00000289. The predicted molar refractivity (Wildman–Crippen MR) is 88.6 cm³/mol. The molecule has 1 N–H and O–H groups in total. The molecule has 0 saturated carbocycles. The van der Waals surface area contributed by atoms with Crippen molar-refractivity contribution in [3.8, 4) is 0 Å². The smallest absolute Gasteiger partial charge is 0.194 e. The molecule has 0 amide bonds.